The maximum absolute atomic E-state index is 15.5. The molecule has 2 aromatic carbocycles. The summed E-state index contributed by atoms with van der Waals surface area (Å²) < 4.78 is 32.1. The molecule has 0 unspecified atom stereocenters. The molecule has 14 heteroatoms. The van der Waals surface area contributed by atoms with E-state index in [0.717, 1.165) is 0 Å². The molecule has 1 amide bonds. The van der Waals surface area contributed by atoms with Gasteiger partial charge in [-0.2, -0.15) is 5.26 Å². The van der Waals surface area contributed by atoms with Crippen LogP contribution in [0.3, 0.4) is 0 Å². The van der Waals surface area contributed by atoms with Gasteiger partial charge < -0.3 is 29.7 Å². The van der Waals surface area contributed by atoms with E-state index >= 15 is 4.39 Å². The van der Waals surface area contributed by atoms with Gasteiger partial charge in [0, 0.05) is 60.1 Å². The summed E-state index contributed by atoms with van der Waals surface area (Å²) in [6.07, 6.45) is 5.90. The van der Waals surface area contributed by atoms with Gasteiger partial charge in [0.2, 0.25) is 5.91 Å². The lowest BCUT2D eigenvalue weighted by molar-refractivity contribution is -0.129. The van der Waals surface area contributed by atoms with Crippen molar-refractivity contribution in [2.75, 3.05) is 37.4 Å². The molecule has 12 nitrogen and oxygen atoms in total. The monoisotopic (exact) mass is 638 g/mol. The Kier molecular flexibility index (Phi) is 8.57. The fourth-order valence-corrected chi connectivity index (χ4v) is 5.51. The van der Waals surface area contributed by atoms with Crippen LogP contribution in [0, 0.1) is 17.1 Å². The van der Waals surface area contributed by atoms with Crippen molar-refractivity contribution in [3.63, 3.8) is 0 Å². The number of thiazole rings is 1. The molecule has 5 aromatic rings. The molecule has 0 bridgehead atoms. The number of hydrogen-bond donors (Lipinski definition) is 2. The molecule has 4 heterocycles. The molecule has 1 fully saturated rings. The van der Waals surface area contributed by atoms with Crippen LogP contribution in [0.4, 0.5) is 21.5 Å². The maximum atomic E-state index is 15.5. The number of halogens is 1. The van der Waals surface area contributed by atoms with E-state index in [1.165, 1.54) is 42.9 Å². The number of anilines is 3. The summed E-state index contributed by atoms with van der Waals surface area (Å²) in [7, 11) is 1.48. The second kappa shape index (κ2) is 13.0. The number of nitriles is 1. The number of hydrogen-bond acceptors (Lipinski definition) is 12. The van der Waals surface area contributed by atoms with Crippen LogP contribution in [0.25, 0.3) is 22.2 Å². The van der Waals surface area contributed by atoms with Crippen molar-refractivity contribution >= 4 is 45.2 Å². The summed E-state index contributed by atoms with van der Waals surface area (Å²) in [6, 6.07) is 10.3. The van der Waals surface area contributed by atoms with Crippen LogP contribution < -0.4 is 24.8 Å². The van der Waals surface area contributed by atoms with E-state index in [9.17, 15) is 10.1 Å². The molecule has 0 radical (unpaired) electrons. The van der Waals surface area contributed by atoms with E-state index in [1.54, 1.807) is 34.8 Å². The van der Waals surface area contributed by atoms with Gasteiger partial charge in [-0.1, -0.05) is 17.9 Å². The second-order valence-electron chi connectivity index (χ2n) is 10.1. The van der Waals surface area contributed by atoms with Crippen LogP contribution in [0.5, 0.6) is 22.7 Å². The average Bonchev–Trinajstić information content (AvgIpc) is 3.52. The number of carbonyl (C=O) groups is 1. The maximum Gasteiger partial charge on any atom is 0.316 e. The molecule has 0 atom stereocenters. The molecular formula is C32H27FN8O4S. The Morgan fingerprint density at radius 2 is 2.00 bits per heavy atom. The molecular weight excluding hydrogens is 611 g/mol. The van der Waals surface area contributed by atoms with E-state index in [-0.39, 0.29) is 35.0 Å². The first-order valence-corrected chi connectivity index (χ1v) is 15.0. The van der Waals surface area contributed by atoms with Crippen molar-refractivity contribution < 1.29 is 23.4 Å². The standard InChI is InChI=1S/C32H27FN8O4S/c1-4-29(42)41-15-20(16-41)38-26-9-22-25(10-28(26)44-5-2)35-12-18(11-34)30(22)39-24-7-6-21(8-23(24)33)45-32-40-27(17-46-32)19-13-36-31(43-3)37-14-19/h4,6-10,12-14,17,20,38H,1,5,15-16H2,2-3H3,(H,35,39). The third-order valence-electron chi connectivity index (χ3n) is 7.11. The smallest absolute Gasteiger partial charge is 0.316 e. The van der Waals surface area contributed by atoms with E-state index in [2.05, 4.69) is 43.2 Å². The highest BCUT2D eigenvalue weighted by Crippen LogP contribution is 2.38. The van der Waals surface area contributed by atoms with Crippen LogP contribution in [0.1, 0.15) is 12.5 Å². The number of amides is 1. The molecule has 232 valence electrons. The topological polar surface area (TPSA) is 147 Å². The number of rotatable bonds is 11. The van der Waals surface area contributed by atoms with Crippen molar-refractivity contribution in [2.24, 2.45) is 0 Å². The van der Waals surface area contributed by atoms with Crippen LogP contribution >= 0.6 is 11.3 Å². The van der Waals surface area contributed by atoms with E-state index in [0.29, 0.717) is 64.2 Å². The Bertz CT molecular complexity index is 1970. The fraction of sp³-hybridized carbons (Fsp3) is 0.188. The fourth-order valence-electron chi connectivity index (χ4n) is 4.81. The molecule has 0 spiro atoms. The number of nitrogens with zero attached hydrogens (tertiary/aromatic N) is 6. The van der Waals surface area contributed by atoms with Gasteiger partial charge in [-0.15, -0.1) is 0 Å². The molecule has 1 aliphatic heterocycles. The van der Waals surface area contributed by atoms with Gasteiger partial charge in [-0.05, 0) is 31.2 Å². The van der Waals surface area contributed by atoms with Gasteiger partial charge in [-0.3, -0.25) is 9.78 Å². The molecule has 0 aliphatic carbocycles. The van der Waals surface area contributed by atoms with E-state index < -0.39 is 5.82 Å². The third kappa shape index (κ3) is 6.21. The van der Waals surface area contributed by atoms with Crippen LogP contribution in [0.15, 0.2) is 67.0 Å². The summed E-state index contributed by atoms with van der Waals surface area (Å²) in [4.78, 5) is 30.6. The molecule has 3 aromatic heterocycles. The Labute approximate surface area is 267 Å². The number of pyridine rings is 1. The first-order chi connectivity index (χ1) is 22.4. The summed E-state index contributed by atoms with van der Waals surface area (Å²) in [6.45, 7) is 6.85. The molecule has 1 saturated heterocycles. The summed E-state index contributed by atoms with van der Waals surface area (Å²) in [5.74, 6) is 0.0865. The van der Waals surface area contributed by atoms with Gasteiger partial charge in [0.15, 0.2) is 0 Å². The normalized spacial score (nSPS) is 12.6. The molecule has 6 rings (SSSR count). The predicted octanol–water partition coefficient (Wildman–Crippen LogP) is 5.91. The Hall–Kier alpha value is -5.81. The van der Waals surface area contributed by atoms with Crippen molar-refractivity contribution in [2.45, 2.75) is 13.0 Å². The van der Waals surface area contributed by atoms with Gasteiger partial charge in [0.25, 0.3) is 5.19 Å². The molecule has 46 heavy (non-hydrogen) atoms. The highest BCUT2D eigenvalue weighted by Gasteiger charge is 2.30. The number of fused-ring (bicyclic) bond motifs is 1. The second-order valence-corrected chi connectivity index (χ2v) is 10.9. The lowest BCUT2D eigenvalue weighted by Gasteiger charge is -2.39. The van der Waals surface area contributed by atoms with Crippen molar-refractivity contribution in [3.05, 3.63) is 78.3 Å². The van der Waals surface area contributed by atoms with E-state index in [4.69, 9.17) is 14.2 Å². The summed E-state index contributed by atoms with van der Waals surface area (Å²) in [5, 5.41) is 19.1. The van der Waals surface area contributed by atoms with Crippen LogP contribution in [-0.4, -0.2) is 63.6 Å². The zero-order chi connectivity index (χ0) is 32.2. The lowest BCUT2D eigenvalue weighted by Crippen LogP contribution is -2.56. The van der Waals surface area contributed by atoms with Gasteiger partial charge >= 0.3 is 6.01 Å². The SMILES string of the molecule is C=CC(=O)N1CC(Nc2cc3c(Nc4ccc(Oc5nc(-c6cnc(OC)nc6)cs5)cc4F)c(C#N)cnc3cc2OCC)C1. The number of benzene rings is 2. The highest BCUT2D eigenvalue weighted by atomic mass is 32.1. The Morgan fingerprint density at radius 1 is 1.20 bits per heavy atom. The quantitative estimate of drug-likeness (QED) is 0.166. The first kappa shape index (κ1) is 30.2. The van der Waals surface area contributed by atoms with Crippen molar-refractivity contribution in [1.29, 1.82) is 5.26 Å². The molecule has 2 N–H and O–H groups in total. The zero-order valence-electron chi connectivity index (χ0n) is 24.8. The van der Waals surface area contributed by atoms with Gasteiger partial charge in [0.1, 0.15) is 23.4 Å². The number of methoxy groups -OCH3 is 1. The summed E-state index contributed by atoms with van der Waals surface area (Å²) in [5.41, 5.74) is 3.25. The van der Waals surface area contributed by atoms with Crippen LogP contribution in [-0.2, 0) is 4.79 Å². The highest BCUT2D eigenvalue weighted by molar-refractivity contribution is 7.11. The van der Waals surface area contributed by atoms with Gasteiger partial charge in [-0.25, -0.2) is 19.3 Å². The van der Waals surface area contributed by atoms with Crippen LogP contribution in [0.2, 0.25) is 0 Å². The minimum atomic E-state index is -0.600. The molecule has 0 saturated carbocycles. The number of aromatic nitrogens is 4. The minimum Gasteiger partial charge on any atom is -0.492 e. The van der Waals surface area contributed by atoms with Crippen molar-refractivity contribution in [3.8, 4) is 40.0 Å². The van der Waals surface area contributed by atoms with E-state index in [1.807, 2.05) is 13.0 Å². The molecule has 1 aliphatic rings. The predicted molar refractivity (Wildman–Crippen MR) is 171 cm³/mol. The first-order valence-electron chi connectivity index (χ1n) is 14.1. The Morgan fingerprint density at radius 3 is 2.70 bits per heavy atom. The number of likely N-dealkylation sites (tertiary alicyclic amines) is 1. The largest absolute Gasteiger partial charge is 0.492 e. The third-order valence-corrected chi connectivity index (χ3v) is 7.83. The minimum absolute atomic E-state index is 0.00693. The van der Waals surface area contributed by atoms with Crippen molar-refractivity contribution in [1.82, 2.24) is 24.8 Å². The Balaban J connectivity index is 1.24. The summed E-state index contributed by atoms with van der Waals surface area (Å²) >= 11 is 1.25. The number of nitrogens with one attached hydrogen (secondary N) is 2. The van der Waals surface area contributed by atoms with Gasteiger partial charge in [0.05, 0.1) is 53.6 Å². The number of carbonyl (C=O) groups excluding carboxylic acids is 1. The zero-order valence-corrected chi connectivity index (χ0v) is 25.6. The number of ether oxygens (including phenoxy) is 3. The lowest BCUT2D eigenvalue weighted by atomic mass is 10.1. The average molecular weight is 639 g/mol.